The molecule has 0 amide bonds. The second-order valence-electron chi connectivity index (χ2n) is 9.21. The van der Waals surface area contributed by atoms with Crippen molar-refractivity contribution in [1.29, 1.82) is 0 Å². The highest BCUT2D eigenvalue weighted by atomic mass is 28.2. The first-order valence-corrected chi connectivity index (χ1v) is 14.7. The van der Waals surface area contributed by atoms with Gasteiger partial charge in [-0.15, -0.1) is 0 Å². The van der Waals surface area contributed by atoms with Crippen molar-refractivity contribution in [2.24, 2.45) is 0 Å². The standard InChI is InChI=1S/C19H22N2Si.C13H13B/c1-2-15-22-19(21-14-13-20-16-21,17-9-5-3-6-10-17)18-11-7-4-8-12-18;14-13(11-7-3-1-4-8-11)12-9-5-2-6-10-12/h3-14,16H,2,15,22H2,1H3;1-10,13H,14H2. The molecule has 0 radical (unpaired) electrons. The van der Waals surface area contributed by atoms with Crippen molar-refractivity contribution >= 4 is 17.4 Å². The van der Waals surface area contributed by atoms with E-state index in [-0.39, 0.29) is 5.16 Å². The summed E-state index contributed by atoms with van der Waals surface area (Å²) in [6.07, 6.45) is 7.22. The molecule has 0 saturated carbocycles. The third-order valence-electron chi connectivity index (χ3n) is 6.94. The number of benzene rings is 4. The lowest BCUT2D eigenvalue weighted by Gasteiger charge is -2.36. The molecule has 0 unspecified atom stereocenters. The molecule has 0 N–H and O–H groups in total. The summed E-state index contributed by atoms with van der Waals surface area (Å²) in [4.78, 5) is 4.33. The van der Waals surface area contributed by atoms with Crippen LogP contribution in [0.15, 0.2) is 140 Å². The highest BCUT2D eigenvalue weighted by molar-refractivity contribution is 6.41. The molecule has 0 aliphatic rings. The second kappa shape index (κ2) is 12.9. The van der Waals surface area contributed by atoms with Gasteiger partial charge in [0.15, 0.2) is 0 Å². The molecule has 0 aliphatic heterocycles. The van der Waals surface area contributed by atoms with Gasteiger partial charge in [0.2, 0.25) is 0 Å². The van der Waals surface area contributed by atoms with Gasteiger partial charge in [0.25, 0.3) is 0 Å². The Balaban J connectivity index is 0.000000187. The molecule has 5 rings (SSSR count). The predicted octanol–water partition coefficient (Wildman–Crippen LogP) is 6.04. The maximum absolute atomic E-state index is 4.33. The van der Waals surface area contributed by atoms with E-state index >= 15 is 0 Å². The van der Waals surface area contributed by atoms with Crippen molar-refractivity contribution in [3.05, 3.63) is 162 Å². The number of nitrogens with zero attached hydrogens (tertiary/aromatic N) is 2. The zero-order valence-corrected chi connectivity index (χ0v) is 22.8. The van der Waals surface area contributed by atoms with Crippen molar-refractivity contribution in [2.75, 3.05) is 0 Å². The third-order valence-corrected chi connectivity index (χ3v) is 9.91. The quantitative estimate of drug-likeness (QED) is 0.245. The van der Waals surface area contributed by atoms with E-state index in [2.05, 4.69) is 152 Å². The summed E-state index contributed by atoms with van der Waals surface area (Å²) >= 11 is 0. The van der Waals surface area contributed by atoms with E-state index in [0.717, 1.165) is 0 Å². The molecule has 2 nitrogen and oxygen atoms in total. The van der Waals surface area contributed by atoms with Gasteiger partial charge < -0.3 is 4.57 Å². The average molecular weight is 487 g/mol. The molecule has 180 valence electrons. The first kappa shape index (κ1) is 25.5. The summed E-state index contributed by atoms with van der Waals surface area (Å²) in [5.41, 5.74) is 5.50. The van der Waals surface area contributed by atoms with Crippen molar-refractivity contribution < 1.29 is 0 Å². The molecule has 0 fully saturated rings. The Hall–Kier alpha value is -3.63. The van der Waals surface area contributed by atoms with E-state index in [0.29, 0.717) is 5.82 Å². The molecule has 1 heterocycles. The Kier molecular flexibility index (Phi) is 9.12. The van der Waals surface area contributed by atoms with Gasteiger partial charge in [-0.1, -0.05) is 141 Å². The smallest absolute Gasteiger partial charge is 0.116 e. The molecule has 0 saturated heterocycles. The molecule has 1 aromatic heterocycles. The van der Waals surface area contributed by atoms with E-state index in [9.17, 15) is 0 Å². The molecule has 4 heteroatoms. The Morgan fingerprint density at radius 1 is 0.722 bits per heavy atom. The van der Waals surface area contributed by atoms with Crippen LogP contribution in [0.5, 0.6) is 0 Å². The lowest BCUT2D eigenvalue weighted by molar-refractivity contribution is 0.590. The van der Waals surface area contributed by atoms with Gasteiger partial charge in [-0.3, -0.25) is 0 Å². The molecular formula is C32H35BN2Si. The fraction of sp³-hybridized carbons (Fsp3) is 0.156. The van der Waals surface area contributed by atoms with Crippen LogP contribution >= 0.6 is 0 Å². The van der Waals surface area contributed by atoms with Crippen LogP contribution in [-0.2, 0) is 5.16 Å². The Morgan fingerprint density at radius 3 is 1.56 bits per heavy atom. The Bertz CT molecular complexity index is 1180. The molecule has 0 aliphatic carbocycles. The van der Waals surface area contributed by atoms with Crippen molar-refractivity contribution in [3.63, 3.8) is 0 Å². The van der Waals surface area contributed by atoms with Crippen LogP contribution in [0.25, 0.3) is 0 Å². The number of rotatable bonds is 8. The summed E-state index contributed by atoms with van der Waals surface area (Å²) in [6, 6.07) is 44.3. The average Bonchev–Trinajstić information content (AvgIpc) is 3.51. The summed E-state index contributed by atoms with van der Waals surface area (Å²) in [5.74, 6) is 0.484. The zero-order valence-electron chi connectivity index (χ0n) is 21.4. The van der Waals surface area contributed by atoms with Gasteiger partial charge >= 0.3 is 0 Å². The van der Waals surface area contributed by atoms with Crippen LogP contribution in [0.4, 0.5) is 0 Å². The lowest BCUT2D eigenvalue weighted by atomic mass is 9.76. The van der Waals surface area contributed by atoms with Gasteiger partial charge in [0.1, 0.15) is 7.85 Å². The van der Waals surface area contributed by atoms with Crippen LogP contribution in [-0.4, -0.2) is 26.9 Å². The minimum Gasteiger partial charge on any atom is -0.327 e. The van der Waals surface area contributed by atoms with E-state index in [1.54, 1.807) is 0 Å². The monoisotopic (exact) mass is 486 g/mol. The van der Waals surface area contributed by atoms with Gasteiger partial charge in [-0.2, -0.15) is 0 Å². The molecular weight excluding hydrogens is 451 g/mol. The first-order valence-electron chi connectivity index (χ1n) is 12.9. The number of hydrogen-bond acceptors (Lipinski definition) is 1. The predicted molar refractivity (Wildman–Crippen MR) is 158 cm³/mol. The van der Waals surface area contributed by atoms with Gasteiger partial charge in [-0.05, 0) is 28.1 Å². The second-order valence-corrected chi connectivity index (χ2v) is 11.4. The van der Waals surface area contributed by atoms with Gasteiger partial charge in [0.05, 0.1) is 21.0 Å². The zero-order chi connectivity index (χ0) is 25.1. The SMILES string of the molecule is BC(c1ccccc1)c1ccccc1.CCC[SiH2]C(c1ccccc1)(c1ccccc1)n1ccnc1. The molecule has 36 heavy (non-hydrogen) atoms. The van der Waals surface area contributed by atoms with Crippen LogP contribution in [0.2, 0.25) is 6.04 Å². The molecule has 5 aromatic rings. The molecule has 0 bridgehead atoms. The molecule has 0 spiro atoms. The van der Waals surface area contributed by atoms with Crippen molar-refractivity contribution in [1.82, 2.24) is 9.55 Å². The fourth-order valence-electron chi connectivity index (χ4n) is 4.90. The van der Waals surface area contributed by atoms with E-state index < -0.39 is 9.52 Å². The first-order chi connectivity index (χ1) is 17.8. The summed E-state index contributed by atoms with van der Waals surface area (Å²) in [7, 11) is 1.82. The summed E-state index contributed by atoms with van der Waals surface area (Å²) < 4.78 is 2.32. The largest absolute Gasteiger partial charge is 0.327 e. The molecule has 0 atom stereocenters. The summed E-state index contributed by atoms with van der Waals surface area (Å²) in [6.45, 7) is 2.28. The fourth-order valence-corrected chi connectivity index (χ4v) is 7.26. The van der Waals surface area contributed by atoms with Crippen LogP contribution in [0, 0.1) is 0 Å². The highest BCUT2D eigenvalue weighted by Crippen LogP contribution is 2.34. The van der Waals surface area contributed by atoms with E-state index in [1.807, 2.05) is 12.5 Å². The highest BCUT2D eigenvalue weighted by Gasteiger charge is 2.35. The van der Waals surface area contributed by atoms with Crippen LogP contribution in [0.1, 0.15) is 41.4 Å². The number of hydrogen-bond donors (Lipinski definition) is 0. The minimum absolute atomic E-state index is 0.0466. The maximum Gasteiger partial charge on any atom is 0.116 e. The summed E-state index contributed by atoms with van der Waals surface area (Å²) in [5, 5.41) is -0.0466. The van der Waals surface area contributed by atoms with Crippen LogP contribution < -0.4 is 0 Å². The van der Waals surface area contributed by atoms with Crippen molar-refractivity contribution in [2.45, 2.75) is 30.4 Å². The van der Waals surface area contributed by atoms with Crippen LogP contribution in [0.3, 0.4) is 0 Å². The van der Waals surface area contributed by atoms with Gasteiger partial charge in [0, 0.05) is 12.4 Å². The number of imidazole rings is 1. The van der Waals surface area contributed by atoms with Crippen molar-refractivity contribution in [3.8, 4) is 0 Å². The normalized spacial score (nSPS) is 11.4. The Morgan fingerprint density at radius 2 is 1.17 bits per heavy atom. The third kappa shape index (κ3) is 5.95. The van der Waals surface area contributed by atoms with Gasteiger partial charge in [-0.25, -0.2) is 4.98 Å². The van der Waals surface area contributed by atoms with E-state index in [4.69, 9.17) is 0 Å². The van der Waals surface area contributed by atoms with E-state index in [1.165, 1.54) is 34.7 Å². The minimum atomic E-state index is -0.424. The molecule has 4 aromatic carbocycles. The number of aromatic nitrogens is 2. The lowest BCUT2D eigenvalue weighted by Crippen LogP contribution is -2.41. The topological polar surface area (TPSA) is 17.8 Å². The maximum atomic E-state index is 4.33. The Labute approximate surface area is 219 Å².